The minimum atomic E-state index is -3.88. The first-order chi connectivity index (χ1) is 17.6. The van der Waals surface area contributed by atoms with Crippen molar-refractivity contribution < 1.29 is 27.1 Å². The van der Waals surface area contributed by atoms with Gasteiger partial charge in [0.05, 0.1) is 22.2 Å². The highest BCUT2D eigenvalue weighted by molar-refractivity contribution is 7.89. The van der Waals surface area contributed by atoms with E-state index in [0.29, 0.717) is 68.3 Å². The van der Waals surface area contributed by atoms with Crippen molar-refractivity contribution in [1.82, 2.24) is 9.21 Å². The topological polar surface area (TPSA) is 99.3 Å². The minimum absolute atomic E-state index is 0.0601. The van der Waals surface area contributed by atoms with Crippen molar-refractivity contribution in [3.8, 4) is 5.75 Å². The van der Waals surface area contributed by atoms with Crippen LogP contribution in [0.1, 0.15) is 25.3 Å². The van der Waals surface area contributed by atoms with Gasteiger partial charge in [0.15, 0.2) is 6.10 Å². The molecule has 0 spiro atoms. The van der Waals surface area contributed by atoms with Crippen LogP contribution < -0.4 is 15.0 Å². The van der Waals surface area contributed by atoms with Crippen molar-refractivity contribution >= 4 is 33.2 Å². The number of nitrogens with one attached hydrogen (secondary N) is 1. The zero-order chi connectivity index (χ0) is 26.3. The van der Waals surface area contributed by atoms with Gasteiger partial charge in [0.2, 0.25) is 15.9 Å². The predicted molar refractivity (Wildman–Crippen MR) is 137 cm³/mol. The van der Waals surface area contributed by atoms with Crippen LogP contribution in [0.4, 0.5) is 15.8 Å². The van der Waals surface area contributed by atoms with Gasteiger partial charge in [0.1, 0.15) is 11.6 Å². The first-order valence-corrected chi connectivity index (χ1v) is 14.0. The van der Waals surface area contributed by atoms with Crippen LogP contribution in [-0.4, -0.2) is 74.8 Å². The largest absolute Gasteiger partial charge is 0.479 e. The van der Waals surface area contributed by atoms with Crippen molar-refractivity contribution in [2.75, 3.05) is 49.5 Å². The molecular formula is C26H31FN4O5S. The molecule has 37 heavy (non-hydrogen) atoms. The second-order valence-electron chi connectivity index (χ2n) is 9.83. The summed E-state index contributed by atoms with van der Waals surface area (Å²) in [7, 11) is -3.88. The highest BCUT2D eigenvalue weighted by Gasteiger charge is 2.37. The summed E-state index contributed by atoms with van der Waals surface area (Å²) in [6, 6.07) is 9.67. The molecule has 2 fully saturated rings. The number of piperidine rings is 1. The molecule has 0 radical (unpaired) electrons. The highest BCUT2D eigenvalue weighted by Crippen LogP contribution is 2.36. The van der Waals surface area contributed by atoms with Gasteiger partial charge >= 0.3 is 0 Å². The summed E-state index contributed by atoms with van der Waals surface area (Å²) in [4.78, 5) is 29.1. The Kier molecular flexibility index (Phi) is 6.84. The van der Waals surface area contributed by atoms with Crippen LogP contribution in [0, 0.1) is 18.7 Å². The second-order valence-corrected chi connectivity index (χ2v) is 11.7. The average molecular weight is 531 g/mol. The number of nitrogens with zero attached hydrogens (tertiary/aromatic N) is 3. The van der Waals surface area contributed by atoms with Crippen molar-refractivity contribution in [3.63, 3.8) is 0 Å². The molecule has 9 nitrogen and oxygen atoms in total. The van der Waals surface area contributed by atoms with E-state index in [4.69, 9.17) is 4.74 Å². The molecule has 2 saturated heterocycles. The number of rotatable bonds is 4. The number of para-hydroxylation sites is 1. The number of hydrogen-bond acceptors (Lipinski definition) is 6. The standard InChI is InChI=1S/C26H31FN4O5S/c1-17-14-21-23(36-18(2)25(32)28-21)15-24(17)37(34,35)31-9-5-6-19(16-31)26(33)30-12-10-29(11-13-30)22-8-4-3-7-20(22)27/h3-4,7-8,14-15,18-19H,5-6,9-13,16H2,1-2H3,(H,28,32). The van der Waals surface area contributed by atoms with E-state index >= 15 is 0 Å². The fraction of sp³-hybridized carbons (Fsp3) is 0.462. The first kappa shape index (κ1) is 25.5. The number of benzene rings is 2. The smallest absolute Gasteiger partial charge is 0.265 e. The van der Waals surface area contributed by atoms with Gasteiger partial charge in [-0.3, -0.25) is 9.59 Å². The Balaban J connectivity index is 1.27. The Morgan fingerprint density at radius 2 is 1.84 bits per heavy atom. The number of fused-ring (bicyclic) bond motifs is 1. The molecule has 2 aromatic rings. The average Bonchev–Trinajstić information content (AvgIpc) is 2.89. The summed E-state index contributed by atoms with van der Waals surface area (Å²) in [5, 5.41) is 2.74. The van der Waals surface area contributed by atoms with E-state index in [2.05, 4.69) is 5.32 Å². The maximum Gasteiger partial charge on any atom is 0.265 e. The Hall–Kier alpha value is -3.18. The number of carbonyl (C=O) groups is 2. The number of piperazine rings is 1. The number of carbonyl (C=O) groups excluding carboxylic acids is 2. The zero-order valence-corrected chi connectivity index (χ0v) is 21.8. The molecule has 11 heteroatoms. The van der Waals surface area contributed by atoms with Gasteiger partial charge in [0.25, 0.3) is 5.91 Å². The van der Waals surface area contributed by atoms with Gasteiger partial charge in [-0.2, -0.15) is 4.31 Å². The molecule has 0 bridgehead atoms. The van der Waals surface area contributed by atoms with Gasteiger partial charge < -0.3 is 19.9 Å². The summed E-state index contributed by atoms with van der Waals surface area (Å²) in [6.07, 6.45) is 0.480. The van der Waals surface area contributed by atoms with Gasteiger partial charge in [-0.05, 0) is 50.5 Å². The second kappa shape index (κ2) is 9.94. The van der Waals surface area contributed by atoms with Crippen molar-refractivity contribution in [2.45, 2.75) is 37.7 Å². The lowest BCUT2D eigenvalue weighted by Crippen LogP contribution is -2.53. The molecule has 5 rings (SSSR count). The van der Waals surface area contributed by atoms with E-state index < -0.39 is 22.0 Å². The number of hydrogen-bond donors (Lipinski definition) is 1. The Morgan fingerprint density at radius 3 is 2.57 bits per heavy atom. The summed E-state index contributed by atoms with van der Waals surface area (Å²) in [5.74, 6) is -0.745. The van der Waals surface area contributed by atoms with E-state index in [1.165, 1.54) is 16.4 Å². The molecular weight excluding hydrogens is 499 g/mol. The summed E-state index contributed by atoms with van der Waals surface area (Å²) in [5.41, 5.74) is 1.47. The molecule has 3 aliphatic rings. The number of sulfonamides is 1. The highest BCUT2D eigenvalue weighted by atomic mass is 32.2. The van der Waals surface area contributed by atoms with Crippen LogP contribution in [0.15, 0.2) is 41.3 Å². The van der Waals surface area contributed by atoms with E-state index in [9.17, 15) is 22.4 Å². The lowest BCUT2D eigenvalue weighted by atomic mass is 9.97. The number of ether oxygens (including phenoxy) is 1. The fourth-order valence-corrected chi connectivity index (χ4v) is 7.00. The van der Waals surface area contributed by atoms with Gasteiger partial charge in [0, 0.05) is 45.3 Å². The maximum absolute atomic E-state index is 14.2. The number of halogens is 1. The monoisotopic (exact) mass is 530 g/mol. The normalized spacial score (nSPS) is 22.7. The molecule has 3 aliphatic heterocycles. The predicted octanol–water partition coefficient (Wildman–Crippen LogP) is 2.60. The van der Waals surface area contributed by atoms with Crippen LogP contribution in [0.3, 0.4) is 0 Å². The first-order valence-electron chi connectivity index (χ1n) is 12.6. The van der Waals surface area contributed by atoms with Gasteiger partial charge in [-0.25, -0.2) is 12.8 Å². The quantitative estimate of drug-likeness (QED) is 0.653. The van der Waals surface area contributed by atoms with Gasteiger partial charge in [-0.15, -0.1) is 0 Å². The van der Waals surface area contributed by atoms with Crippen LogP contribution in [0.2, 0.25) is 0 Å². The van der Waals surface area contributed by atoms with Crippen LogP contribution in [0.25, 0.3) is 0 Å². The van der Waals surface area contributed by atoms with Crippen LogP contribution in [-0.2, 0) is 19.6 Å². The van der Waals surface area contributed by atoms with Crippen molar-refractivity contribution in [3.05, 3.63) is 47.8 Å². The molecule has 2 unspecified atom stereocenters. The molecule has 0 aromatic heterocycles. The van der Waals surface area contributed by atoms with E-state index in [1.807, 2.05) is 4.90 Å². The molecule has 2 atom stereocenters. The Morgan fingerprint density at radius 1 is 1.11 bits per heavy atom. The summed E-state index contributed by atoms with van der Waals surface area (Å²) < 4.78 is 48.4. The number of amides is 2. The van der Waals surface area contributed by atoms with E-state index in [-0.39, 0.29) is 29.1 Å². The lowest BCUT2D eigenvalue weighted by Gasteiger charge is -2.39. The van der Waals surface area contributed by atoms with Crippen LogP contribution >= 0.6 is 0 Å². The molecule has 2 aromatic carbocycles. The summed E-state index contributed by atoms with van der Waals surface area (Å²) in [6.45, 7) is 5.68. The molecule has 0 aliphatic carbocycles. The van der Waals surface area contributed by atoms with Gasteiger partial charge in [-0.1, -0.05) is 12.1 Å². The number of anilines is 2. The SMILES string of the molecule is Cc1cc2c(cc1S(=O)(=O)N1CCCC(C(=O)N3CCN(c4ccccc4F)CC3)C1)OC(C)C(=O)N2. The molecule has 3 heterocycles. The van der Waals surface area contributed by atoms with E-state index in [1.54, 1.807) is 43.0 Å². The summed E-state index contributed by atoms with van der Waals surface area (Å²) >= 11 is 0. The third-order valence-corrected chi connectivity index (χ3v) is 9.35. The van der Waals surface area contributed by atoms with Crippen molar-refractivity contribution in [2.24, 2.45) is 5.92 Å². The lowest BCUT2D eigenvalue weighted by molar-refractivity contribution is -0.137. The third-order valence-electron chi connectivity index (χ3n) is 7.34. The third kappa shape index (κ3) is 4.89. The zero-order valence-electron chi connectivity index (χ0n) is 20.9. The number of aryl methyl sites for hydroxylation is 1. The minimum Gasteiger partial charge on any atom is -0.479 e. The maximum atomic E-state index is 14.2. The Bertz CT molecular complexity index is 1330. The van der Waals surface area contributed by atoms with Crippen LogP contribution in [0.5, 0.6) is 5.75 Å². The molecule has 198 valence electrons. The molecule has 0 saturated carbocycles. The van der Waals surface area contributed by atoms with E-state index in [0.717, 1.165) is 0 Å². The molecule has 1 N–H and O–H groups in total. The van der Waals surface area contributed by atoms with Crippen molar-refractivity contribution in [1.29, 1.82) is 0 Å². The molecule has 2 amide bonds. The fourth-order valence-electron chi connectivity index (χ4n) is 5.26. The Labute approximate surface area is 216 Å².